The van der Waals surface area contributed by atoms with E-state index in [2.05, 4.69) is 35.7 Å². The lowest BCUT2D eigenvalue weighted by Gasteiger charge is -2.29. The molecule has 1 aliphatic rings. The van der Waals surface area contributed by atoms with Gasteiger partial charge in [0, 0.05) is 18.8 Å². The van der Waals surface area contributed by atoms with E-state index in [1.54, 1.807) is 0 Å². The van der Waals surface area contributed by atoms with Crippen LogP contribution in [0.5, 0.6) is 0 Å². The predicted octanol–water partition coefficient (Wildman–Crippen LogP) is 2.17. The first-order chi connectivity index (χ1) is 6.90. The first-order valence-corrected chi connectivity index (χ1v) is 4.95. The lowest BCUT2D eigenvalue weighted by Crippen LogP contribution is -2.36. The zero-order valence-electron chi connectivity index (χ0n) is 8.28. The molecule has 1 aliphatic heterocycles. The SMILES string of the molecule is C=Cc1cccc(N2CCOCC2)c1. The minimum absolute atomic E-state index is 0.832. The molecule has 0 bridgehead atoms. The van der Waals surface area contributed by atoms with Crippen molar-refractivity contribution < 1.29 is 4.74 Å². The molecule has 1 heterocycles. The van der Waals surface area contributed by atoms with Crippen LogP contribution in [0.15, 0.2) is 30.8 Å². The van der Waals surface area contributed by atoms with Crippen LogP contribution in [0.25, 0.3) is 6.08 Å². The molecule has 0 saturated carbocycles. The van der Waals surface area contributed by atoms with E-state index in [1.165, 1.54) is 11.3 Å². The number of hydrogen-bond acceptors (Lipinski definition) is 2. The zero-order valence-corrected chi connectivity index (χ0v) is 8.28. The van der Waals surface area contributed by atoms with Crippen LogP contribution in [0.2, 0.25) is 0 Å². The summed E-state index contributed by atoms with van der Waals surface area (Å²) in [6, 6.07) is 8.44. The van der Waals surface area contributed by atoms with Crippen LogP contribution in [0, 0.1) is 0 Å². The van der Waals surface area contributed by atoms with E-state index >= 15 is 0 Å². The molecule has 2 rings (SSSR count). The van der Waals surface area contributed by atoms with Crippen LogP contribution in [0.4, 0.5) is 5.69 Å². The smallest absolute Gasteiger partial charge is 0.0642 e. The molecular formula is C12H15NO. The van der Waals surface area contributed by atoms with Crippen LogP contribution in [-0.2, 0) is 4.74 Å². The Morgan fingerprint density at radius 1 is 1.29 bits per heavy atom. The van der Waals surface area contributed by atoms with E-state index in [0.29, 0.717) is 0 Å². The number of nitrogens with zero attached hydrogens (tertiary/aromatic N) is 1. The maximum atomic E-state index is 5.32. The van der Waals surface area contributed by atoms with Gasteiger partial charge >= 0.3 is 0 Å². The standard InChI is InChI=1S/C12H15NO/c1-2-11-4-3-5-12(10-11)13-6-8-14-9-7-13/h2-5,10H,1,6-9H2. The summed E-state index contributed by atoms with van der Waals surface area (Å²) in [5, 5.41) is 0. The van der Waals surface area contributed by atoms with Crippen LogP contribution in [0.3, 0.4) is 0 Å². The maximum absolute atomic E-state index is 5.32. The van der Waals surface area contributed by atoms with Crippen LogP contribution in [-0.4, -0.2) is 26.3 Å². The summed E-state index contributed by atoms with van der Waals surface area (Å²) in [5.41, 5.74) is 2.44. The summed E-state index contributed by atoms with van der Waals surface area (Å²) in [6.45, 7) is 7.41. The van der Waals surface area contributed by atoms with E-state index in [0.717, 1.165) is 26.3 Å². The van der Waals surface area contributed by atoms with Gasteiger partial charge in [-0.1, -0.05) is 24.8 Å². The average Bonchev–Trinajstić information content (AvgIpc) is 2.30. The third-order valence-corrected chi connectivity index (χ3v) is 2.48. The van der Waals surface area contributed by atoms with Crippen molar-refractivity contribution in [3.8, 4) is 0 Å². The minimum atomic E-state index is 0.832. The highest BCUT2D eigenvalue weighted by Crippen LogP contribution is 2.17. The Hall–Kier alpha value is -1.28. The molecule has 1 saturated heterocycles. The maximum Gasteiger partial charge on any atom is 0.0642 e. The molecule has 0 radical (unpaired) electrons. The number of benzene rings is 1. The molecule has 1 aromatic rings. The Balaban J connectivity index is 2.17. The number of morpholine rings is 1. The van der Waals surface area contributed by atoms with Crippen LogP contribution >= 0.6 is 0 Å². The Labute approximate surface area is 84.8 Å². The van der Waals surface area contributed by atoms with Crippen molar-refractivity contribution in [2.45, 2.75) is 0 Å². The molecule has 0 N–H and O–H groups in total. The summed E-state index contributed by atoms with van der Waals surface area (Å²) >= 11 is 0. The second-order valence-electron chi connectivity index (χ2n) is 3.40. The van der Waals surface area contributed by atoms with E-state index in [4.69, 9.17) is 4.74 Å². The highest BCUT2D eigenvalue weighted by atomic mass is 16.5. The van der Waals surface area contributed by atoms with Gasteiger partial charge in [0.05, 0.1) is 13.2 Å². The van der Waals surface area contributed by atoms with Crippen molar-refractivity contribution >= 4 is 11.8 Å². The Kier molecular flexibility index (Phi) is 2.84. The van der Waals surface area contributed by atoms with Gasteiger partial charge in [-0.2, -0.15) is 0 Å². The largest absolute Gasteiger partial charge is 0.378 e. The Bertz CT molecular complexity index is 316. The molecular weight excluding hydrogens is 174 g/mol. The molecule has 2 heteroatoms. The van der Waals surface area contributed by atoms with E-state index in [1.807, 2.05) is 6.08 Å². The molecule has 0 spiro atoms. The summed E-state index contributed by atoms with van der Waals surface area (Å²) in [6.07, 6.45) is 1.88. The van der Waals surface area contributed by atoms with Gasteiger partial charge in [-0.15, -0.1) is 0 Å². The van der Waals surface area contributed by atoms with Gasteiger partial charge in [0.2, 0.25) is 0 Å². The highest BCUT2D eigenvalue weighted by Gasteiger charge is 2.10. The van der Waals surface area contributed by atoms with Crippen molar-refractivity contribution in [1.82, 2.24) is 0 Å². The van der Waals surface area contributed by atoms with Crippen LogP contribution < -0.4 is 4.90 Å². The number of anilines is 1. The second-order valence-corrected chi connectivity index (χ2v) is 3.40. The third kappa shape index (κ3) is 1.96. The van der Waals surface area contributed by atoms with Gasteiger partial charge < -0.3 is 9.64 Å². The second kappa shape index (κ2) is 4.29. The lowest BCUT2D eigenvalue weighted by molar-refractivity contribution is 0.122. The molecule has 0 aromatic heterocycles. The fourth-order valence-corrected chi connectivity index (χ4v) is 1.67. The van der Waals surface area contributed by atoms with Crippen molar-refractivity contribution in [2.24, 2.45) is 0 Å². The van der Waals surface area contributed by atoms with Gasteiger partial charge in [0.25, 0.3) is 0 Å². The van der Waals surface area contributed by atoms with Crippen molar-refractivity contribution in [2.75, 3.05) is 31.2 Å². The van der Waals surface area contributed by atoms with E-state index < -0.39 is 0 Å². The molecule has 0 amide bonds. The molecule has 2 nitrogen and oxygen atoms in total. The number of ether oxygens (including phenoxy) is 1. The Morgan fingerprint density at radius 3 is 2.79 bits per heavy atom. The fourth-order valence-electron chi connectivity index (χ4n) is 1.67. The van der Waals surface area contributed by atoms with Gasteiger partial charge in [-0.3, -0.25) is 0 Å². The van der Waals surface area contributed by atoms with E-state index in [9.17, 15) is 0 Å². The van der Waals surface area contributed by atoms with Gasteiger partial charge in [-0.05, 0) is 17.7 Å². The zero-order chi connectivity index (χ0) is 9.80. The predicted molar refractivity (Wildman–Crippen MR) is 59.6 cm³/mol. The van der Waals surface area contributed by atoms with Crippen molar-refractivity contribution in [1.29, 1.82) is 0 Å². The van der Waals surface area contributed by atoms with Crippen LogP contribution in [0.1, 0.15) is 5.56 Å². The summed E-state index contributed by atoms with van der Waals surface area (Å²) in [4.78, 5) is 2.34. The van der Waals surface area contributed by atoms with Crippen molar-refractivity contribution in [3.05, 3.63) is 36.4 Å². The highest BCUT2D eigenvalue weighted by molar-refractivity contribution is 5.57. The summed E-state index contributed by atoms with van der Waals surface area (Å²) in [7, 11) is 0. The average molecular weight is 189 g/mol. The van der Waals surface area contributed by atoms with Gasteiger partial charge in [0.1, 0.15) is 0 Å². The molecule has 0 atom stereocenters. The third-order valence-electron chi connectivity index (χ3n) is 2.48. The molecule has 0 unspecified atom stereocenters. The Morgan fingerprint density at radius 2 is 2.07 bits per heavy atom. The normalized spacial score (nSPS) is 16.7. The van der Waals surface area contributed by atoms with Gasteiger partial charge in [-0.25, -0.2) is 0 Å². The van der Waals surface area contributed by atoms with Gasteiger partial charge in [0.15, 0.2) is 0 Å². The molecule has 74 valence electrons. The molecule has 0 aliphatic carbocycles. The summed E-state index contributed by atoms with van der Waals surface area (Å²) in [5.74, 6) is 0. The first kappa shape index (κ1) is 9.28. The van der Waals surface area contributed by atoms with Crippen molar-refractivity contribution in [3.63, 3.8) is 0 Å². The van der Waals surface area contributed by atoms with E-state index in [-0.39, 0.29) is 0 Å². The first-order valence-electron chi connectivity index (χ1n) is 4.95. The fraction of sp³-hybridized carbons (Fsp3) is 0.333. The monoisotopic (exact) mass is 189 g/mol. The minimum Gasteiger partial charge on any atom is -0.378 e. The lowest BCUT2D eigenvalue weighted by atomic mass is 10.2. The topological polar surface area (TPSA) is 12.5 Å². The molecule has 1 fully saturated rings. The number of rotatable bonds is 2. The molecule has 1 aromatic carbocycles. The number of hydrogen-bond donors (Lipinski definition) is 0. The molecule has 14 heavy (non-hydrogen) atoms. The summed E-state index contributed by atoms with van der Waals surface area (Å²) < 4.78 is 5.32. The quantitative estimate of drug-likeness (QED) is 0.707.